The van der Waals surface area contributed by atoms with E-state index < -0.39 is 17.7 Å². The molecule has 2 N–H and O–H groups in total. The first-order chi connectivity index (χ1) is 12.4. The Morgan fingerprint density at radius 3 is 2.69 bits per heavy atom. The lowest BCUT2D eigenvalue weighted by atomic mass is 10.2. The maximum atomic E-state index is 12.2. The Morgan fingerprint density at radius 2 is 2.04 bits per heavy atom. The number of alkyl carbamates (subject to hydrolysis) is 1. The van der Waals surface area contributed by atoms with Gasteiger partial charge in [-0.1, -0.05) is 30.3 Å². The van der Waals surface area contributed by atoms with Crippen molar-refractivity contribution >= 4 is 6.09 Å². The van der Waals surface area contributed by atoms with Crippen LogP contribution in [0.4, 0.5) is 4.79 Å². The third-order valence-corrected chi connectivity index (χ3v) is 3.27. The van der Waals surface area contributed by atoms with Gasteiger partial charge in [0.1, 0.15) is 11.6 Å². The summed E-state index contributed by atoms with van der Waals surface area (Å²) in [6.07, 6.45) is -0.593. The smallest absolute Gasteiger partial charge is 0.408 e. The van der Waals surface area contributed by atoms with Gasteiger partial charge in [-0.05, 0) is 36.8 Å². The van der Waals surface area contributed by atoms with E-state index >= 15 is 0 Å². The fraction of sp³-hybridized carbons (Fsp3) is 0.529. The number of amides is 1. The summed E-state index contributed by atoms with van der Waals surface area (Å²) in [4.78, 5) is 12.2. The molecule has 0 bridgehead atoms. The largest absolute Gasteiger partial charge is 0.444 e. The van der Waals surface area contributed by atoms with Gasteiger partial charge >= 0.3 is 6.09 Å². The van der Waals surface area contributed by atoms with Crippen molar-refractivity contribution in [3.63, 3.8) is 0 Å². The summed E-state index contributed by atoms with van der Waals surface area (Å²) >= 11 is 0. The minimum atomic E-state index is -0.628. The van der Waals surface area contributed by atoms with Crippen molar-refractivity contribution in [1.29, 1.82) is 0 Å². The van der Waals surface area contributed by atoms with E-state index in [1.807, 2.05) is 30.3 Å². The number of nitrogens with one attached hydrogen (secondary N) is 1. The minimum Gasteiger partial charge on any atom is -0.444 e. The van der Waals surface area contributed by atoms with Crippen LogP contribution in [-0.2, 0) is 22.6 Å². The summed E-state index contributed by atoms with van der Waals surface area (Å²) in [6, 6.07) is 9.07. The number of hydrogen-bond acceptors (Lipinski definition) is 7. The van der Waals surface area contributed by atoms with E-state index in [9.17, 15) is 4.79 Å². The maximum Gasteiger partial charge on any atom is 0.408 e. The van der Waals surface area contributed by atoms with Gasteiger partial charge in [-0.3, -0.25) is 0 Å². The average Bonchev–Trinajstić information content (AvgIpc) is 3.02. The van der Waals surface area contributed by atoms with Crippen LogP contribution < -0.4 is 5.32 Å². The number of tetrazole rings is 1. The monoisotopic (exact) mass is 363 g/mol. The van der Waals surface area contributed by atoms with Crippen molar-refractivity contribution < 1.29 is 19.4 Å². The Balaban J connectivity index is 2.05. The van der Waals surface area contributed by atoms with E-state index in [0.717, 1.165) is 5.56 Å². The van der Waals surface area contributed by atoms with Gasteiger partial charge in [0, 0.05) is 0 Å². The van der Waals surface area contributed by atoms with E-state index in [1.54, 1.807) is 20.8 Å². The van der Waals surface area contributed by atoms with Crippen LogP contribution in [0.1, 0.15) is 38.2 Å². The van der Waals surface area contributed by atoms with Gasteiger partial charge < -0.3 is 19.9 Å². The molecule has 1 heterocycles. The molecule has 0 spiro atoms. The van der Waals surface area contributed by atoms with Gasteiger partial charge in [0.05, 0.1) is 26.4 Å². The van der Waals surface area contributed by atoms with Gasteiger partial charge in [0.25, 0.3) is 0 Å². The van der Waals surface area contributed by atoms with Crippen LogP contribution in [0.3, 0.4) is 0 Å². The molecule has 0 aliphatic carbocycles. The van der Waals surface area contributed by atoms with Crippen LogP contribution in [0.15, 0.2) is 30.3 Å². The minimum absolute atomic E-state index is 0.123. The third-order valence-electron chi connectivity index (χ3n) is 3.27. The van der Waals surface area contributed by atoms with Gasteiger partial charge in [-0.25, -0.2) is 9.48 Å². The highest BCUT2D eigenvalue weighted by atomic mass is 16.6. The molecule has 1 amide bonds. The molecule has 0 fully saturated rings. The quantitative estimate of drug-likeness (QED) is 0.730. The standard InChI is InChI=1S/C17H25N5O4/c1-17(2,3)26-16(24)18-14(15-19-20-21-22(15)9-10-23)12-25-11-13-7-5-4-6-8-13/h4-8,14,23H,9-12H2,1-3H3,(H,18,24)/t14-/m1/s1. The second-order valence-corrected chi connectivity index (χ2v) is 6.68. The maximum absolute atomic E-state index is 12.2. The molecule has 142 valence electrons. The number of carbonyl (C=O) groups excluding carboxylic acids is 1. The lowest BCUT2D eigenvalue weighted by Gasteiger charge is -2.23. The van der Waals surface area contributed by atoms with Crippen LogP contribution >= 0.6 is 0 Å². The Morgan fingerprint density at radius 1 is 1.31 bits per heavy atom. The van der Waals surface area contributed by atoms with E-state index in [2.05, 4.69) is 20.8 Å². The molecule has 26 heavy (non-hydrogen) atoms. The molecule has 0 aliphatic rings. The zero-order valence-electron chi connectivity index (χ0n) is 15.3. The van der Waals surface area contributed by atoms with Crippen molar-refractivity contribution in [2.24, 2.45) is 0 Å². The summed E-state index contributed by atoms with van der Waals surface area (Å²) in [5.74, 6) is 0.387. The molecular weight excluding hydrogens is 338 g/mol. The van der Waals surface area contributed by atoms with Gasteiger partial charge in [0.15, 0.2) is 5.82 Å². The Labute approximate surface area is 152 Å². The highest BCUT2D eigenvalue weighted by molar-refractivity contribution is 5.68. The van der Waals surface area contributed by atoms with Crippen LogP contribution in [0.25, 0.3) is 0 Å². The van der Waals surface area contributed by atoms with Crippen LogP contribution in [0.2, 0.25) is 0 Å². The molecule has 0 aliphatic heterocycles. The molecule has 1 aromatic carbocycles. The molecule has 0 saturated heterocycles. The second-order valence-electron chi connectivity index (χ2n) is 6.68. The SMILES string of the molecule is CC(C)(C)OC(=O)N[C@H](COCc1ccccc1)c1nnnn1CCO. The first-order valence-corrected chi connectivity index (χ1v) is 8.37. The molecule has 2 aromatic rings. The van der Waals surface area contributed by atoms with Crippen molar-refractivity contribution in [2.75, 3.05) is 13.2 Å². The molecule has 0 radical (unpaired) electrons. The van der Waals surface area contributed by atoms with Crippen LogP contribution in [0.5, 0.6) is 0 Å². The zero-order chi connectivity index (χ0) is 19.0. The van der Waals surface area contributed by atoms with Crippen molar-refractivity contribution in [3.05, 3.63) is 41.7 Å². The van der Waals surface area contributed by atoms with Crippen molar-refractivity contribution in [2.45, 2.75) is 45.6 Å². The molecule has 9 heteroatoms. The highest BCUT2D eigenvalue weighted by Crippen LogP contribution is 2.14. The topological polar surface area (TPSA) is 111 Å². The predicted octanol–water partition coefficient (Wildman–Crippen LogP) is 1.45. The summed E-state index contributed by atoms with van der Waals surface area (Å²) in [5.41, 5.74) is 0.384. The Bertz CT molecular complexity index is 684. The number of aliphatic hydroxyl groups is 1. The second kappa shape index (κ2) is 9.25. The zero-order valence-corrected chi connectivity index (χ0v) is 15.3. The summed E-state index contributed by atoms with van der Waals surface area (Å²) in [7, 11) is 0. The number of ether oxygens (including phenoxy) is 2. The first-order valence-electron chi connectivity index (χ1n) is 8.37. The molecular formula is C17H25N5O4. The lowest BCUT2D eigenvalue weighted by molar-refractivity contribution is 0.0416. The van der Waals surface area contributed by atoms with E-state index in [0.29, 0.717) is 12.4 Å². The molecule has 9 nitrogen and oxygen atoms in total. The van der Waals surface area contributed by atoms with E-state index in [4.69, 9.17) is 14.6 Å². The first kappa shape index (κ1) is 19.8. The lowest BCUT2D eigenvalue weighted by Crippen LogP contribution is -2.38. The molecule has 0 unspecified atom stereocenters. The third kappa shape index (κ3) is 6.41. The summed E-state index contributed by atoms with van der Waals surface area (Å²) < 4.78 is 12.5. The van der Waals surface area contributed by atoms with Crippen LogP contribution in [0, 0.1) is 0 Å². The van der Waals surface area contributed by atoms with Gasteiger partial charge in [-0.2, -0.15) is 0 Å². The number of nitrogens with zero attached hydrogens (tertiary/aromatic N) is 4. The molecule has 1 atom stereocenters. The summed E-state index contributed by atoms with van der Waals surface area (Å²) in [5, 5.41) is 23.3. The number of carbonyl (C=O) groups is 1. The fourth-order valence-electron chi connectivity index (χ4n) is 2.21. The average molecular weight is 363 g/mol. The predicted molar refractivity (Wildman–Crippen MR) is 93.1 cm³/mol. The Hall–Kier alpha value is -2.52. The number of rotatable bonds is 8. The van der Waals surface area contributed by atoms with Crippen LogP contribution in [-0.4, -0.2) is 50.2 Å². The molecule has 1 aromatic heterocycles. The van der Waals surface area contributed by atoms with Crippen molar-refractivity contribution in [1.82, 2.24) is 25.5 Å². The number of aliphatic hydroxyl groups excluding tert-OH is 1. The van der Waals surface area contributed by atoms with Crippen molar-refractivity contribution in [3.8, 4) is 0 Å². The molecule has 0 saturated carbocycles. The number of hydrogen-bond donors (Lipinski definition) is 2. The fourth-order valence-corrected chi connectivity index (χ4v) is 2.21. The van der Waals surface area contributed by atoms with E-state index in [1.165, 1.54) is 4.68 Å². The Kier molecular flexibility index (Phi) is 7.05. The highest BCUT2D eigenvalue weighted by Gasteiger charge is 2.25. The van der Waals surface area contributed by atoms with Gasteiger partial charge in [0.2, 0.25) is 0 Å². The van der Waals surface area contributed by atoms with Gasteiger partial charge in [-0.15, -0.1) is 5.10 Å². The number of benzene rings is 1. The molecule has 2 rings (SSSR count). The summed E-state index contributed by atoms with van der Waals surface area (Å²) in [6.45, 7) is 5.97. The normalized spacial score (nSPS) is 12.6. The number of aromatic nitrogens is 4. The van der Waals surface area contributed by atoms with E-state index in [-0.39, 0.29) is 19.8 Å².